The highest BCUT2D eigenvalue weighted by Gasteiger charge is 2.20. The molecule has 2 atom stereocenters. The van der Waals surface area contributed by atoms with Gasteiger partial charge in [-0.2, -0.15) is 0 Å². The Labute approximate surface area is 180 Å². The summed E-state index contributed by atoms with van der Waals surface area (Å²) in [6.07, 6.45) is 4.76. The summed E-state index contributed by atoms with van der Waals surface area (Å²) < 4.78 is 6.15. The van der Waals surface area contributed by atoms with Crippen LogP contribution >= 0.6 is 23.2 Å². The van der Waals surface area contributed by atoms with Crippen LogP contribution in [0.5, 0.6) is 5.75 Å². The third-order valence-corrected chi connectivity index (χ3v) is 5.86. The lowest BCUT2D eigenvalue weighted by molar-refractivity contribution is 0.146. The van der Waals surface area contributed by atoms with Crippen LogP contribution in [0.4, 0.5) is 0 Å². The fourth-order valence-electron chi connectivity index (χ4n) is 3.52. The Morgan fingerprint density at radius 3 is 2.72 bits per heavy atom. The molecule has 150 valence electrons. The van der Waals surface area contributed by atoms with E-state index in [9.17, 15) is 5.11 Å². The second-order valence-corrected chi connectivity index (χ2v) is 8.00. The van der Waals surface area contributed by atoms with Gasteiger partial charge in [0.25, 0.3) is 0 Å². The van der Waals surface area contributed by atoms with Gasteiger partial charge in [0.05, 0.1) is 16.1 Å². The second kappa shape index (κ2) is 9.14. The van der Waals surface area contributed by atoms with Gasteiger partial charge in [-0.25, -0.2) is 0 Å². The molecule has 0 bridgehead atoms. The van der Waals surface area contributed by atoms with Crippen molar-refractivity contribution in [3.63, 3.8) is 0 Å². The highest BCUT2D eigenvalue weighted by molar-refractivity contribution is 6.42. The molecule has 0 spiro atoms. The maximum Gasteiger partial charge on any atom is 0.123 e. The molecule has 4 rings (SSSR count). The molecule has 1 aliphatic rings. The van der Waals surface area contributed by atoms with Crippen molar-refractivity contribution >= 4 is 23.2 Å². The van der Waals surface area contributed by atoms with Crippen LogP contribution in [0.15, 0.2) is 60.9 Å². The zero-order chi connectivity index (χ0) is 20.2. The summed E-state index contributed by atoms with van der Waals surface area (Å²) in [7, 11) is 0. The van der Waals surface area contributed by atoms with Gasteiger partial charge in [-0.15, -0.1) is 0 Å². The first-order chi connectivity index (χ1) is 14.1. The number of nitrogens with zero attached hydrogens (tertiary/aromatic N) is 1. The van der Waals surface area contributed by atoms with Crippen molar-refractivity contribution in [3.05, 3.63) is 82.1 Å². The van der Waals surface area contributed by atoms with Gasteiger partial charge in [0.15, 0.2) is 0 Å². The lowest BCUT2D eigenvalue weighted by Crippen LogP contribution is -2.36. The highest BCUT2D eigenvalue weighted by Crippen LogP contribution is 2.34. The number of halogens is 2. The number of ether oxygens (including phenoxy) is 1. The van der Waals surface area contributed by atoms with Crippen molar-refractivity contribution in [2.75, 3.05) is 13.1 Å². The van der Waals surface area contributed by atoms with Gasteiger partial charge in [-0.3, -0.25) is 4.98 Å². The van der Waals surface area contributed by atoms with E-state index in [1.165, 1.54) is 5.56 Å². The molecule has 1 aliphatic heterocycles. The number of aromatic nitrogens is 1. The van der Waals surface area contributed by atoms with Gasteiger partial charge in [-0.1, -0.05) is 41.4 Å². The Hall–Kier alpha value is -2.11. The minimum atomic E-state index is -0.576. The molecular weight excluding hydrogens is 407 g/mol. The number of rotatable bonds is 6. The Bertz CT molecular complexity index is 982. The molecule has 0 saturated heterocycles. The van der Waals surface area contributed by atoms with E-state index < -0.39 is 6.10 Å². The van der Waals surface area contributed by atoms with E-state index in [1.807, 2.05) is 42.5 Å². The average molecular weight is 429 g/mol. The predicted molar refractivity (Wildman–Crippen MR) is 117 cm³/mol. The summed E-state index contributed by atoms with van der Waals surface area (Å²) >= 11 is 12.2. The molecule has 0 fully saturated rings. The largest absolute Gasteiger partial charge is 0.489 e. The van der Waals surface area contributed by atoms with Crippen molar-refractivity contribution in [1.29, 1.82) is 0 Å². The number of aliphatic hydroxyl groups is 1. The summed E-state index contributed by atoms with van der Waals surface area (Å²) in [4.78, 5) is 4.04. The quantitative estimate of drug-likeness (QED) is 0.575. The number of benzene rings is 2. The molecule has 0 amide bonds. The van der Waals surface area contributed by atoms with E-state index in [4.69, 9.17) is 27.9 Å². The lowest BCUT2D eigenvalue weighted by Gasteiger charge is -2.27. The Kier molecular flexibility index (Phi) is 6.36. The first-order valence-corrected chi connectivity index (χ1v) is 10.4. The molecule has 2 heterocycles. The molecule has 3 aromatic rings. The molecule has 0 saturated carbocycles. The Morgan fingerprint density at radius 1 is 1.10 bits per heavy atom. The molecule has 6 heteroatoms. The zero-order valence-electron chi connectivity index (χ0n) is 15.8. The van der Waals surface area contributed by atoms with Gasteiger partial charge in [0.2, 0.25) is 0 Å². The highest BCUT2D eigenvalue weighted by atomic mass is 35.5. The fraction of sp³-hybridized carbons (Fsp3) is 0.261. The third kappa shape index (κ3) is 4.90. The topological polar surface area (TPSA) is 54.4 Å². The van der Waals surface area contributed by atoms with Crippen LogP contribution in [0.2, 0.25) is 10.0 Å². The summed E-state index contributed by atoms with van der Waals surface area (Å²) in [6, 6.07) is 15.6. The first kappa shape index (κ1) is 20.2. The molecule has 2 aromatic carbocycles. The summed E-state index contributed by atoms with van der Waals surface area (Å²) in [5, 5.41) is 14.6. The normalized spacial score (nSPS) is 16.7. The number of fused-ring (bicyclic) bond motifs is 1. The number of aliphatic hydroxyl groups excluding tert-OH is 1. The standard InChI is InChI=1S/C23H22Cl2N2O2/c24-20-7-4-16(11-21(20)25)15-5-8-23-17(10-15)3-6-19(29-23)13-27-14-22(28)18-2-1-9-26-12-18/h1-2,4-5,7-12,19,22,27-28H,3,6,13-14H2/t19-,22+/m1/s1. The first-order valence-electron chi connectivity index (χ1n) is 9.64. The minimum Gasteiger partial charge on any atom is -0.489 e. The predicted octanol–water partition coefficient (Wildman–Crippen LogP) is 5.07. The van der Waals surface area contributed by atoms with E-state index in [2.05, 4.69) is 16.4 Å². The second-order valence-electron chi connectivity index (χ2n) is 7.19. The van der Waals surface area contributed by atoms with Crippen LogP contribution in [-0.2, 0) is 6.42 Å². The molecule has 0 unspecified atom stereocenters. The molecular formula is C23H22Cl2N2O2. The summed E-state index contributed by atoms with van der Waals surface area (Å²) in [5.74, 6) is 0.916. The molecule has 29 heavy (non-hydrogen) atoms. The van der Waals surface area contributed by atoms with Crippen LogP contribution in [0.3, 0.4) is 0 Å². The van der Waals surface area contributed by atoms with Gasteiger partial charge in [0.1, 0.15) is 11.9 Å². The maximum atomic E-state index is 10.2. The smallest absolute Gasteiger partial charge is 0.123 e. The molecule has 0 aliphatic carbocycles. The average Bonchev–Trinajstić information content (AvgIpc) is 2.76. The molecule has 1 aromatic heterocycles. The molecule has 2 N–H and O–H groups in total. The summed E-state index contributed by atoms with van der Waals surface area (Å²) in [6.45, 7) is 1.15. The van der Waals surface area contributed by atoms with Crippen molar-refractivity contribution < 1.29 is 9.84 Å². The van der Waals surface area contributed by atoms with E-state index in [1.54, 1.807) is 12.4 Å². The number of nitrogens with one attached hydrogen (secondary N) is 1. The number of aryl methyl sites for hydroxylation is 1. The lowest BCUT2D eigenvalue weighted by atomic mass is 9.97. The van der Waals surface area contributed by atoms with Gasteiger partial charge < -0.3 is 15.2 Å². The third-order valence-electron chi connectivity index (χ3n) is 5.12. The minimum absolute atomic E-state index is 0.0828. The Morgan fingerprint density at radius 2 is 1.93 bits per heavy atom. The van der Waals surface area contributed by atoms with Crippen molar-refractivity contribution in [3.8, 4) is 16.9 Å². The van der Waals surface area contributed by atoms with Crippen molar-refractivity contribution in [2.45, 2.75) is 25.0 Å². The number of hydrogen-bond donors (Lipinski definition) is 2. The SMILES string of the molecule is O[C@@H](CNC[C@H]1CCc2cc(-c3ccc(Cl)c(Cl)c3)ccc2O1)c1cccnc1. The molecule has 0 radical (unpaired) electrons. The Balaban J connectivity index is 1.35. The summed E-state index contributed by atoms with van der Waals surface area (Å²) in [5.41, 5.74) is 4.14. The van der Waals surface area contributed by atoms with Crippen LogP contribution in [0.1, 0.15) is 23.7 Å². The van der Waals surface area contributed by atoms with Crippen molar-refractivity contribution in [2.24, 2.45) is 0 Å². The number of pyridine rings is 1. The van der Waals surface area contributed by atoms with Crippen LogP contribution in [0.25, 0.3) is 11.1 Å². The molecule has 4 nitrogen and oxygen atoms in total. The van der Waals surface area contributed by atoms with Crippen molar-refractivity contribution in [1.82, 2.24) is 10.3 Å². The monoisotopic (exact) mass is 428 g/mol. The van der Waals surface area contributed by atoms with Gasteiger partial charge >= 0.3 is 0 Å². The van der Waals surface area contributed by atoms with E-state index in [0.717, 1.165) is 35.3 Å². The maximum absolute atomic E-state index is 10.2. The van der Waals surface area contributed by atoms with Gasteiger partial charge in [-0.05, 0) is 59.9 Å². The van der Waals surface area contributed by atoms with Crippen LogP contribution < -0.4 is 10.1 Å². The number of hydrogen-bond acceptors (Lipinski definition) is 4. The van der Waals surface area contributed by atoms with Crippen LogP contribution in [0, 0.1) is 0 Å². The van der Waals surface area contributed by atoms with Gasteiger partial charge in [0, 0.05) is 31.0 Å². The van der Waals surface area contributed by atoms with Crippen LogP contribution in [-0.4, -0.2) is 29.3 Å². The van der Waals surface area contributed by atoms with E-state index in [0.29, 0.717) is 23.1 Å². The van der Waals surface area contributed by atoms with E-state index in [-0.39, 0.29) is 6.10 Å². The zero-order valence-corrected chi connectivity index (χ0v) is 17.3. The fourth-order valence-corrected chi connectivity index (χ4v) is 3.81. The van der Waals surface area contributed by atoms with E-state index >= 15 is 0 Å².